The molecule has 0 spiro atoms. The van der Waals surface area contributed by atoms with E-state index >= 15 is 0 Å². The van der Waals surface area contributed by atoms with Gasteiger partial charge in [-0.05, 0) is 48.7 Å². The molecule has 1 aromatic carbocycles. The van der Waals surface area contributed by atoms with Gasteiger partial charge in [0, 0.05) is 45.0 Å². The molecule has 2 aromatic rings. The van der Waals surface area contributed by atoms with E-state index in [4.69, 9.17) is 4.74 Å². The minimum atomic E-state index is -0.261. The van der Waals surface area contributed by atoms with Crippen molar-refractivity contribution in [3.63, 3.8) is 0 Å². The third-order valence-corrected chi connectivity index (χ3v) is 5.21. The number of methoxy groups -OCH3 is 1. The number of aromatic nitrogens is 1. The molecule has 148 valence electrons. The van der Waals surface area contributed by atoms with Crippen LogP contribution in [0.3, 0.4) is 0 Å². The summed E-state index contributed by atoms with van der Waals surface area (Å²) in [6.07, 6.45) is 4.61. The number of hydrogen-bond donors (Lipinski definition) is 0. The van der Waals surface area contributed by atoms with Gasteiger partial charge in [-0.15, -0.1) is 0 Å². The van der Waals surface area contributed by atoms with Gasteiger partial charge in [-0.1, -0.05) is 12.1 Å². The third kappa shape index (κ3) is 4.88. The number of carbonyl (C=O) groups excluding carboxylic acids is 2. The van der Waals surface area contributed by atoms with E-state index in [2.05, 4.69) is 4.98 Å². The Morgan fingerprint density at radius 3 is 2.54 bits per heavy atom. The Kier molecular flexibility index (Phi) is 6.63. The lowest BCUT2D eigenvalue weighted by Gasteiger charge is -2.24. The van der Waals surface area contributed by atoms with E-state index in [0.29, 0.717) is 32.6 Å². The summed E-state index contributed by atoms with van der Waals surface area (Å²) < 4.78 is 5.17. The zero-order valence-electron chi connectivity index (χ0n) is 16.5. The third-order valence-electron chi connectivity index (χ3n) is 5.21. The molecule has 6 heteroatoms. The molecule has 2 heterocycles. The van der Waals surface area contributed by atoms with E-state index in [0.717, 1.165) is 23.3 Å². The molecular formula is C22H27N3O3. The van der Waals surface area contributed by atoms with Crippen LogP contribution in [0.1, 0.15) is 24.5 Å². The molecule has 28 heavy (non-hydrogen) atoms. The molecule has 2 amide bonds. The predicted molar refractivity (Wildman–Crippen MR) is 107 cm³/mol. The number of benzene rings is 1. The van der Waals surface area contributed by atoms with Crippen molar-refractivity contribution < 1.29 is 14.3 Å². The van der Waals surface area contributed by atoms with Gasteiger partial charge in [0.15, 0.2) is 0 Å². The monoisotopic (exact) mass is 381 g/mol. The van der Waals surface area contributed by atoms with Gasteiger partial charge in [0.2, 0.25) is 11.8 Å². The highest BCUT2D eigenvalue weighted by atomic mass is 16.5. The highest BCUT2D eigenvalue weighted by molar-refractivity contribution is 5.89. The lowest BCUT2D eigenvalue weighted by atomic mass is 10.1. The summed E-state index contributed by atoms with van der Waals surface area (Å²) in [7, 11) is 1.63. The molecule has 1 aliphatic heterocycles. The van der Waals surface area contributed by atoms with E-state index in [1.807, 2.05) is 48.2 Å². The average Bonchev–Trinajstić information content (AvgIpc) is 3.10. The van der Waals surface area contributed by atoms with E-state index in [-0.39, 0.29) is 17.7 Å². The Morgan fingerprint density at radius 2 is 1.89 bits per heavy atom. The summed E-state index contributed by atoms with van der Waals surface area (Å²) in [6.45, 7) is 4.29. The van der Waals surface area contributed by atoms with E-state index < -0.39 is 0 Å². The highest BCUT2D eigenvalue weighted by Gasteiger charge is 2.36. The van der Waals surface area contributed by atoms with Crippen molar-refractivity contribution in [2.24, 2.45) is 5.92 Å². The molecule has 6 nitrogen and oxygen atoms in total. The second-order valence-corrected chi connectivity index (χ2v) is 7.05. The SMILES string of the molecule is CCN(CCc1ccncc1)C(=O)C1CC(=O)N(Cc2ccc(OC)cc2)C1. The molecule has 0 saturated carbocycles. The lowest BCUT2D eigenvalue weighted by Crippen LogP contribution is -2.38. The summed E-state index contributed by atoms with van der Waals surface area (Å²) >= 11 is 0. The van der Waals surface area contributed by atoms with Crippen LogP contribution < -0.4 is 4.74 Å². The van der Waals surface area contributed by atoms with Gasteiger partial charge in [0.1, 0.15) is 5.75 Å². The van der Waals surface area contributed by atoms with Gasteiger partial charge in [-0.25, -0.2) is 0 Å². The van der Waals surface area contributed by atoms with Crippen molar-refractivity contribution >= 4 is 11.8 Å². The minimum Gasteiger partial charge on any atom is -0.497 e. The lowest BCUT2D eigenvalue weighted by molar-refractivity contribution is -0.135. The van der Waals surface area contributed by atoms with Gasteiger partial charge in [-0.2, -0.15) is 0 Å². The van der Waals surface area contributed by atoms with Crippen LogP contribution in [-0.2, 0) is 22.6 Å². The molecular weight excluding hydrogens is 354 g/mol. The largest absolute Gasteiger partial charge is 0.497 e. The van der Waals surface area contributed by atoms with Crippen molar-refractivity contribution in [3.8, 4) is 5.75 Å². The second-order valence-electron chi connectivity index (χ2n) is 7.05. The quantitative estimate of drug-likeness (QED) is 0.705. The molecule has 1 saturated heterocycles. The fourth-order valence-electron chi connectivity index (χ4n) is 3.54. The zero-order chi connectivity index (χ0) is 19.9. The smallest absolute Gasteiger partial charge is 0.227 e. The second kappa shape index (κ2) is 9.35. The molecule has 1 unspecified atom stereocenters. The first-order chi connectivity index (χ1) is 13.6. The van der Waals surface area contributed by atoms with Crippen LogP contribution in [0.25, 0.3) is 0 Å². The Bertz CT molecular complexity index is 792. The van der Waals surface area contributed by atoms with E-state index in [1.54, 1.807) is 24.4 Å². The van der Waals surface area contributed by atoms with Gasteiger partial charge in [0.25, 0.3) is 0 Å². The molecule has 0 bridgehead atoms. The Hall–Kier alpha value is -2.89. The molecule has 0 aliphatic carbocycles. The Labute approximate surface area is 166 Å². The summed E-state index contributed by atoms with van der Waals surface area (Å²) in [5.41, 5.74) is 2.19. The first kappa shape index (κ1) is 19.9. The molecule has 1 aliphatic rings. The van der Waals surface area contributed by atoms with E-state index in [1.165, 1.54) is 0 Å². The standard InChI is InChI=1S/C22H27N3O3/c1-3-24(13-10-17-8-11-23-12-9-17)22(27)19-14-21(26)25(16-19)15-18-4-6-20(28-2)7-5-18/h4-9,11-12,19H,3,10,13-16H2,1-2H3. The van der Waals surface area contributed by atoms with Crippen LogP contribution in [-0.4, -0.2) is 53.3 Å². The van der Waals surface area contributed by atoms with Crippen LogP contribution in [0.5, 0.6) is 5.75 Å². The number of nitrogens with zero attached hydrogens (tertiary/aromatic N) is 3. The molecule has 1 fully saturated rings. The van der Waals surface area contributed by atoms with E-state index in [9.17, 15) is 9.59 Å². The molecule has 0 radical (unpaired) electrons. The van der Waals surface area contributed by atoms with Crippen molar-refractivity contribution in [1.82, 2.24) is 14.8 Å². The number of rotatable bonds is 8. The number of ether oxygens (including phenoxy) is 1. The van der Waals surface area contributed by atoms with Crippen LogP contribution in [0, 0.1) is 5.92 Å². The maximum absolute atomic E-state index is 12.9. The molecule has 0 N–H and O–H groups in total. The molecule has 1 aromatic heterocycles. The minimum absolute atomic E-state index is 0.0411. The zero-order valence-corrected chi connectivity index (χ0v) is 16.5. The fourth-order valence-corrected chi connectivity index (χ4v) is 3.54. The summed E-state index contributed by atoms with van der Waals surface area (Å²) in [5.74, 6) is 0.641. The van der Waals surface area contributed by atoms with Crippen LogP contribution >= 0.6 is 0 Å². The summed E-state index contributed by atoms with van der Waals surface area (Å²) in [6, 6.07) is 11.6. The maximum atomic E-state index is 12.9. The number of amides is 2. The Balaban J connectivity index is 1.56. The van der Waals surface area contributed by atoms with Crippen molar-refractivity contribution in [2.75, 3.05) is 26.7 Å². The number of likely N-dealkylation sites (tertiary alicyclic amines) is 1. The number of pyridine rings is 1. The first-order valence-corrected chi connectivity index (χ1v) is 9.69. The van der Waals surface area contributed by atoms with Crippen LogP contribution in [0.15, 0.2) is 48.8 Å². The number of carbonyl (C=O) groups is 2. The van der Waals surface area contributed by atoms with Crippen molar-refractivity contribution in [2.45, 2.75) is 26.3 Å². The van der Waals surface area contributed by atoms with Crippen LogP contribution in [0.4, 0.5) is 0 Å². The molecule has 3 rings (SSSR count). The summed E-state index contributed by atoms with van der Waals surface area (Å²) in [5, 5.41) is 0. The maximum Gasteiger partial charge on any atom is 0.227 e. The van der Waals surface area contributed by atoms with Gasteiger partial charge < -0.3 is 14.5 Å². The van der Waals surface area contributed by atoms with Crippen molar-refractivity contribution in [1.29, 1.82) is 0 Å². The summed E-state index contributed by atoms with van der Waals surface area (Å²) in [4.78, 5) is 33.0. The normalized spacial score (nSPS) is 16.3. The van der Waals surface area contributed by atoms with Gasteiger partial charge in [-0.3, -0.25) is 14.6 Å². The highest BCUT2D eigenvalue weighted by Crippen LogP contribution is 2.23. The van der Waals surface area contributed by atoms with Crippen LogP contribution in [0.2, 0.25) is 0 Å². The van der Waals surface area contributed by atoms with Gasteiger partial charge >= 0.3 is 0 Å². The van der Waals surface area contributed by atoms with Gasteiger partial charge in [0.05, 0.1) is 13.0 Å². The number of hydrogen-bond acceptors (Lipinski definition) is 4. The Morgan fingerprint density at radius 1 is 1.18 bits per heavy atom. The van der Waals surface area contributed by atoms with Crippen molar-refractivity contribution in [3.05, 3.63) is 59.9 Å². The first-order valence-electron chi connectivity index (χ1n) is 9.69. The fraction of sp³-hybridized carbons (Fsp3) is 0.409. The molecule has 1 atom stereocenters. The average molecular weight is 381 g/mol. The number of likely N-dealkylation sites (N-methyl/N-ethyl adjacent to an activating group) is 1. The topological polar surface area (TPSA) is 62.7 Å². The predicted octanol–water partition coefficient (Wildman–Crippen LogP) is 2.53.